The van der Waals surface area contributed by atoms with E-state index in [9.17, 15) is 9.90 Å². The Labute approximate surface area is 154 Å². The smallest absolute Gasteiger partial charge is 0.273 e. The van der Waals surface area contributed by atoms with Crippen molar-refractivity contribution in [1.29, 1.82) is 0 Å². The standard InChI is InChI=1S/C20H17N3O2S/c1-13-19(20-21-15(12-24)11-18(25)23(20)22-13)14-7-9-17(10-8-14)26-16-5-3-2-4-6-16/h2-11,22,24H,12H2,1H3. The fourth-order valence-electron chi connectivity index (χ4n) is 2.94. The highest BCUT2D eigenvalue weighted by molar-refractivity contribution is 7.99. The van der Waals surface area contributed by atoms with Gasteiger partial charge in [0.2, 0.25) is 0 Å². The van der Waals surface area contributed by atoms with Gasteiger partial charge in [-0.25, -0.2) is 9.50 Å². The van der Waals surface area contributed by atoms with Crippen molar-refractivity contribution in [1.82, 2.24) is 14.6 Å². The molecule has 0 saturated carbocycles. The lowest BCUT2D eigenvalue weighted by molar-refractivity contribution is 0.277. The molecule has 6 heteroatoms. The van der Waals surface area contributed by atoms with Crippen LogP contribution in [0.3, 0.4) is 0 Å². The van der Waals surface area contributed by atoms with Crippen molar-refractivity contribution in [3.05, 3.63) is 82.4 Å². The minimum atomic E-state index is -0.262. The van der Waals surface area contributed by atoms with Crippen molar-refractivity contribution >= 4 is 17.4 Å². The zero-order valence-corrected chi connectivity index (χ0v) is 15.0. The lowest BCUT2D eigenvalue weighted by Gasteiger charge is -2.05. The van der Waals surface area contributed by atoms with Crippen LogP contribution in [0, 0.1) is 6.92 Å². The number of aryl methyl sites for hydroxylation is 1. The molecule has 0 saturated heterocycles. The lowest BCUT2D eigenvalue weighted by Crippen LogP contribution is -2.15. The largest absolute Gasteiger partial charge is 0.390 e. The van der Waals surface area contributed by atoms with Crippen LogP contribution in [-0.4, -0.2) is 19.7 Å². The van der Waals surface area contributed by atoms with E-state index in [1.165, 1.54) is 15.5 Å². The number of aliphatic hydroxyl groups is 1. The second-order valence-electron chi connectivity index (χ2n) is 5.95. The average molecular weight is 363 g/mol. The maximum absolute atomic E-state index is 12.2. The molecule has 0 unspecified atom stereocenters. The molecule has 2 aromatic heterocycles. The van der Waals surface area contributed by atoms with Crippen LogP contribution in [0.2, 0.25) is 0 Å². The fourth-order valence-corrected chi connectivity index (χ4v) is 3.78. The van der Waals surface area contributed by atoms with Gasteiger partial charge >= 0.3 is 0 Å². The number of nitrogens with zero attached hydrogens (tertiary/aromatic N) is 2. The summed E-state index contributed by atoms with van der Waals surface area (Å²) in [4.78, 5) is 18.9. The number of fused-ring (bicyclic) bond motifs is 1. The number of hydrogen-bond donors (Lipinski definition) is 2. The number of hydrogen-bond acceptors (Lipinski definition) is 4. The Balaban J connectivity index is 1.75. The molecule has 5 nitrogen and oxygen atoms in total. The number of aromatic nitrogens is 3. The molecule has 4 aromatic rings. The second-order valence-corrected chi connectivity index (χ2v) is 7.10. The van der Waals surface area contributed by atoms with E-state index in [0.29, 0.717) is 11.3 Å². The summed E-state index contributed by atoms with van der Waals surface area (Å²) >= 11 is 1.70. The van der Waals surface area contributed by atoms with Gasteiger partial charge in [0.25, 0.3) is 5.56 Å². The molecule has 0 spiro atoms. The number of aromatic amines is 1. The molecule has 0 atom stereocenters. The molecule has 2 N–H and O–H groups in total. The number of H-pyrrole nitrogens is 1. The zero-order valence-electron chi connectivity index (χ0n) is 14.1. The molecule has 26 heavy (non-hydrogen) atoms. The third kappa shape index (κ3) is 3.05. The van der Waals surface area contributed by atoms with Gasteiger partial charge in [0.15, 0.2) is 5.65 Å². The molecular formula is C20H17N3O2S. The highest BCUT2D eigenvalue weighted by Gasteiger charge is 2.14. The summed E-state index contributed by atoms with van der Waals surface area (Å²) in [6.45, 7) is 1.65. The first kappa shape index (κ1) is 16.6. The van der Waals surface area contributed by atoms with E-state index in [4.69, 9.17) is 0 Å². The Kier molecular flexibility index (Phi) is 4.36. The van der Waals surface area contributed by atoms with Gasteiger partial charge in [0.1, 0.15) is 0 Å². The van der Waals surface area contributed by atoms with Crippen LogP contribution in [0.1, 0.15) is 11.4 Å². The monoisotopic (exact) mass is 363 g/mol. The molecule has 4 rings (SSSR count). The highest BCUT2D eigenvalue weighted by atomic mass is 32.2. The van der Waals surface area contributed by atoms with Crippen LogP contribution < -0.4 is 5.56 Å². The molecule has 2 heterocycles. The van der Waals surface area contributed by atoms with Crippen LogP contribution in [0.5, 0.6) is 0 Å². The maximum atomic E-state index is 12.2. The summed E-state index contributed by atoms with van der Waals surface area (Å²) in [6.07, 6.45) is 0. The van der Waals surface area contributed by atoms with E-state index in [1.54, 1.807) is 11.8 Å². The van der Waals surface area contributed by atoms with E-state index < -0.39 is 0 Å². The molecule has 0 fully saturated rings. The van der Waals surface area contributed by atoms with Gasteiger partial charge < -0.3 is 5.11 Å². The topological polar surface area (TPSA) is 70.4 Å². The molecular weight excluding hydrogens is 346 g/mol. The summed E-state index contributed by atoms with van der Waals surface area (Å²) in [5, 5.41) is 12.4. The van der Waals surface area contributed by atoms with Gasteiger partial charge in [-0.05, 0) is 36.8 Å². The highest BCUT2D eigenvalue weighted by Crippen LogP contribution is 2.31. The van der Waals surface area contributed by atoms with Crippen molar-refractivity contribution in [2.75, 3.05) is 0 Å². The maximum Gasteiger partial charge on any atom is 0.273 e. The van der Waals surface area contributed by atoms with Gasteiger partial charge in [-0.3, -0.25) is 9.89 Å². The van der Waals surface area contributed by atoms with E-state index >= 15 is 0 Å². The SMILES string of the molecule is Cc1[nH]n2c(=O)cc(CO)nc2c1-c1ccc(Sc2ccccc2)cc1. The summed E-state index contributed by atoms with van der Waals surface area (Å²) in [6, 6.07) is 19.7. The zero-order chi connectivity index (χ0) is 18.1. The molecule has 0 bridgehead atoms. The Bertz CT molecular complexity index is 1120. The Morgan fingerprint density at radius 3 is 2.46 bits per heavy atom. The van der Waals surface area contributed by atoms with Crippen molar-refractivity contribution in [3.8, 4) is 11.1 Å². The van der Waals surface area contributed by atoms with Gasteiger partial charge in [-0.2, -0.15) is 0 Å². The first-order chi connectivity index (χ1) is 12.7. The summed E-state index contributed by atoms with van der Waals surface area (Å²) < 4.78 is 1.41. The van der Waals surface area contributed by atoms with E-state index in [2.05, 4.69) is 34.3 Å². The van der Waals surface area contributed by atoms with Crippen LogP contribution >= 0.6 is 11.8 Å². The fraction of sp³-hybridized carbons (Fsp3) is 0.100. The lowest BCUT2D eigenvalue weighted by atomic mass is 10.1. The molecule has 0 amide bonds. The molecule has 0 aliphatic rings. The third-order valence-electron chi connectivity index (χ3n) is 4.13. The first-order valence-corrected chi connectivity index (χ1v) is 9.03. The Morgan fingerprint density at radius 1 is 1.08 bits per heavy atom. The minimum Gasteiger partial charge on any atom is -0.390 e. The molecule has 0 radical (unpaired) electrons. The van der Waals surface area contributed by atoms with Crippen molar-refractivity contribution in [2.24, 2.45) is 0 Å². The van der Waals surface area contributed by atoms with Crippen LogP contribution in [-0.2, 0) is 6.61 Å². The van der Waals surface area contributed by atoms with Gasteiger partial charge in [0.05, 0.1) is 12.3 Å². The van der Waals surface area contributed by atoms with Crippen LogP contribution in [0.4, 0.5) is 0 Å². The number of benzene rings is 2. The second kappa shape index (κ2) is 6.82. The van der Waals surface area contributed by atoms with E-state index in [0.717, 1.165) is 21.7 Å². The summed E-state index contributed by atoms with van der Waals surface area (Å²) in [5.41, 5.74) is 3.36. The van der Waals surface area contributed by atoms with Crippen molar-refractivity contribution in [3.63, 3.8) is 0 Å². The van der Waals surface area contributed by atoms with Gasteiger partial charge in [-0.15, -0.1) is 0 Å². The van der Waals surface area contributed by atoms with Gasteiger partial charge in [0, 0.05) is 27.1 Å². The van der Waals surface area contributed by atoms with E-state index in [-0.39, 0.29) is 12.2 Å². The Hall–Kier alpha value is -2.83. The normalized spacial score (nSPS) is 11.2. The Morgan fingerprint density at radius 2 is 1.77 bits per heavy atom. The van der Waals surface area contributed by atoms with Gasteiger partial charge in [-0.1, -0.05) is 42.1 Å². The first-order valence-electron chi connectivity index (χ1n) is 8.21. The predicted molar refractivity (Wildman–Crippen MR) is 102 cm³/mol. The predicted octanol–water partition coefficient (Wildman–Crippen LogP) is 3.64. The molecule has 130 valence electrons. The molecule has 0 aliphatic carbocycles. The number of nitrogens with one attached hydrogen (secondary N) is 1. The van der Waals surface area contributed by atoms with Crippen LogP contribution in [0.15, 0.2) is 75.2 Å². The van der Waals surface area contributed by atoms with Crippen molar-refractivity contribution in [2.45, 2.75) is 23.3 Å². The number of aliphatic hydroxyl groups excluding tert-OH is 1. The minimum absolute atomic E-state index is 0.232. The summed E-state index contributed by atoms with van der Waals surface area (Å²) in [7, 11) is 0. The number of rotatable bonds is 4. The van der Waals surface area contributed by atoms with E-state index in [1.807, 2.05) is 37.3 Å². The average Bonchev–Trinajstić information content (AvgIpc) is 3.00. The van der Waals surface area contributed by atoms with Crippen LogP contribution in [0.25, 0.3) is 16.8 Å². The third-order valence-corrected chi connectivity index (χ3v) is 5.15. The molecule has 0 aliphatic heterocycles. The van der Waals surface area contributed by atoms with Crippen molar-refractivity contribution < 1.29 is 5.11 Å². The summed E-state index contributed by atoms with van der Waals surface area (Å²) in [5.74, 6) is 0. The molecule has 2 aromatic carbocycles. The quantitative estimate of drug-likeness (QED) is 0.581.